The fourth-order valence-corrected chi connectivity index (χ4v) is 3.30. The van der Waals surface area contributed by atoms with Crippen molar-refractivity contribution in [3.05, 3.63) is 66.0 Å². The molecule has 3 rings (SSSR count). The van der Waals surface area contributed by atoms with Gasteiger partial charge >= 0.3 is 0 Å². The summed E-state index contributed by atoms with van der Waals surface area (Å²) in [6.45, 7) is 3.93. The summed E-state index contributed by atoms with van der Waals surface area (Å²) in [5, 5.41) is 0. The third-order valence-corrected chi connectivity index (χ3v) is 4.61. The first-order chi connectivity index (χ1) is 11.2. The Balaban J connectivity index is 1.72. The first kappa shape index (κ1) is 15.7. The number of likely N-dealkylation sites (tertiary alicyclic amines) is 1. The Morgan fingerprint density at radius 1 is 1.22 bits per heavy atom. The van der Waals surface area contributed by atoms with Crippen LogP contribution in [0.15, 0.2) is 54.7 Å². The monoisotopic (exact) mass is 310 g/mol. The van der Waals surface area contributed by atoms with Gasteiger partial charge < -0.3 is 9.64 Å². The van der Waals surface area contributed by atoms with Crippen LogP contribution in [0.25, 0.3) is 0 Å². The van der Waals surface area contributed by atoms with Gasteiger partial charge in [-0.2, -0.15) is 0 Å². The number of hydrogen-bond acceptors (Lipinski definition) is 3. The predicted octanol–water partition coefficient (Wildman–Crippen LogP) is 2.61. The zero-order valence-electron chi connectivity index (χ0n) is 13.6. The number of hydrogen-bond donors (Lipinski definition) is 0. The van der Waals surface area contributed by atoms with Crippen molar-refractivity contribution in [3.63, 3.8) is 0 Å². The van der Waals surface area contributed by atoms with Gasteiger partial charge in [0.1, 0.15) is 0 Å². The van der Waals surface area contributed by atoms with Gasteiger partial charge in [-0.1, -0.05) is 36.4 Å². The van der Waals surface area contributed by atoms with Crippen molar-refractivity contribution in [3.8, 4) is 0 Å². The quantitative estimate of drug-likeness (QED) is 0.852. The molecule has 2 aromatic rings. The number of amides is 1. The lowest BCUT2D eigenvalue weighted by atomic mass is 9.74. The van der Waals surface area contributed by atoms with Gasteiger partial charge in [-0.05, 0) is 24.6 Å². The maximum Gasteiger partial charge on any atom is 0.231 e. The number of benzene rings is 1. The molecule has 1 unspecified atom stereocenters. The van der Waals surface area contributed by atoms with Crippen molar-refractivity contribution < 1.29 is 9.53 Å². The second-order valence-electron chi connectivity index (χ2n) is 6.25. The van der Waals surface area contributed by atoms with Gasteiger partial charge in [0.05, 0.1) is 23.6 Å². The molecule has 1 atom stereocenters. The molecule has 0 bridgehead atoms. The second kappa shape index (κ2) is 6.50. The van der Waals surface area contributed by atoms with Crippen molar-refractivity contribution >= 4 is 5.91 Å². The zero-order chi connectivity index (χ0) is 16.3. The van der Waals surface area contributed by atoms with Crippen molar-refractivity contribution in [2.45, 2.75) is 18.3 Å². The topological polar surface area (TPSA) is 42.4 Å². The summed E-state index contributed by atoms with van der Waals surface area (Å²) in [6.07, 6.45) is 1.73. The van der Waals surface area contributed by atoms with E-state index in [1.807, 2.05) is 48.2 Å². The van der Waals surface area contributed by atoms with Crippen molar-refractivity contribution in [1.29, 1.82) is 0 Å². The molecule has 2 heterocycles. The molecule has 4 heteroatoms. The van der Waals surface area contributed by atoms with E-state index >= 15 is 0 Å². The summed E-state index contributed by atoms with van der Waals surface area (Å²) in [5.74, 6) is -0.0844. The van der Waals surface area contributed by atoms with E-state index < -0.39 is 0 Å². The molecule has 0 aliphatic carbocycles. The maximum atomic E-state index is 12.7. The van der Waals surface area contributed by atoms with Crippen LogP contribution in [-0.4, -0.2) is 42.6 Å². The van der Waals surface area contributed by atoms with Gasteiger partial charge in [0, 0.05) is 26.4 Å². The lowest BCUT2D eigenvalue weighted by Gasteiger charge is -2.50. The van der Waals surface area contributed by atoms with Crippen LogP contribution >= 0.6 is 0 Å². The van der Waals surface area contributed by atoms with E-state index in [4.69, 9.17) is 4.74 Å². The number of pyridine rings is 1. The summed E-state index contributed by atoms with van der Waals surface area (Å²) in [4.78, 5) is 18.9. The number of aromatic nitrogens is 1. The molecule has 23 heavy (non-hydrogen) atoms. The normalized spacial score (nSPS) is 17.4. The highest BCUT2D eigenvalue weighted by atomic mass is 16.5. The minimum absolute atomic E-state index is 0.0878. The lowest BCUT2D eigenvalue weighted by Crippen LogP contribution is -2.63. The number of ether oxygens (including phenoxy) is 1. The minimum Gasteiger partial charge on any atom is -0.384 e. The molecule has 1 amide bonds. The van der Waals surface area contributed by atoms with Crippen LogP contribution < -0.4 is 0 Å². The highest BCUT2D eigenvalue weighted by Crippen LogP contribution is 2.36. The molecule has 0 spiro atoms. The lowest BCUT2D eigenvalue weighted by molar-refractivity contribution is -0.142. The summed E-state index contributed by atoms with van der Waals surface area (Å²) in [5.41, 5.74) is 1.97. The predicted molar refractivity (Wildman–Crippen MR) is 89.2 cm³/mol. The maximum absolute atomic E-state index is 12.7. The van der Waals surface area contributed by atoms with E-state index in [1.54, 1.807) is 13.3 Å². The molecule has 1 aliphatic heterocycles. The van der Waals surface area contributed by atoms with E-state index in [2.05, 4.69) is 17.1 Å². The van der Waals surface area contributed by atoms with Gasteiger partial charge in [-0.3, -0.25) is 9.78 Å². The number of rotatable bonds is 5. The number of methoxy groups -OCH3 is 1. The second-order valence-corrected chi connectivity index (χ2v) is 6.25. The van der Waals surface area contributed by atoms with Crippen LogP contribution in [0.1, 0.15) is 24.1 Å². The van der Waals surface area contributed by atoms with Gasteiger partial charge in [0.2, 0.25) is 5.91 Å². The van der Waals surface area contributed by atoms with Gasteiger partial charge in [0.15, 0.2) is 0 Å². The molecule has 1 aromatic carbocycles. The Morgan fingerprint density at radius 2 is 1.91 bits per heavy atom. The summed E-state index contributed by atoms with van der Waals surface area (Å²) in [7, 11) is 1.71. The highest BCUT2D eigenvalue weighted by molar-refractivity contribution is 5.84. The van der Waals surface area contributed by atoms with E-state index in [1.165, 1.54) is 5.56 Å². The summed E-state index contributed by atoms with van der Waals surface area (Å²) < 4.78 is 5.43. The van der Waals surface area contributed by atoms with Crippen molar-refractivity contribution in [2.75, 3.05) is 26.8 Å². The Bertz CT molecular complexity index is 652. The largest absolute Gasteiger partial charge is 0.384 e. The average molecular weight is 310 g/mol. The zero-order valence-corrected chi connectivity index (χ0v) is 13.6. The molecule has 0 saturated carbocycles. The smallest absolute Gasteiger partial charge is 0.231 e. The van der Waals surface area contributed by atoms with Crippen LogP contribution in [-0.2, 0) is 14.9 Å². The third-order valence-electron chi connectivity index (χ3n) is 4.61. The Kier molecular flexibility index (Phi) is 4.44. The molecule has 1 saturated heterocycles. The number of carbonyl (C=O) groups is 1. The Morgan fingerprint density at radius 3 is 2.52 bits per heavy atom. The summed E-state index contributed by atoms with van der Waals surface area (Å²) in [6, 6.07) is 16.0. The molecule has 4 nitrogen and oxygen atoms in total. The first-order valence-electron chi connectivity index (χ1n) is 7.90. The van der Waals surface area contributed by atoms with Gasteiger partial charge in [-0.15, -0.1) is 0 Å². The van der Waals surface area contributed by atoms with Gasteiger partial charge in [0.25, 0.3) is 0 Å². The first-order valence-corrected chi connectivity index (χ1v) is 7.90. The number of carbonyl (C=O) groups excluding carboxylic acids is 1. The average Bonchev–Trinajstić information content (AvgIpc) is 2.58. The van der Waals surface area contributed by atoms with E-state index in [-0.39, 0.29) is 17.2 Å². The molecule has 120 valence electrons. The third kappa shape index (κ3) is 2.99. The molecule has 0 N–H and O–H groups in total. The fraction of sp³-hybridized carbons (Fsp3) is 0.368. The van der Waals surface area contributed by atoms with E-state index in [0.29, 0.717) is 19.7 Å². The van der Waals surface area contributed by atoms with Crippen LogP contribution in [0.4, 0.5) is 0 Å². The van der Waals surface area contributed by atoms with E-state index in [9.17, 15) is 4.79 Å². The molecule has 1 aromatic heterocycles. The molecule has 1 aliphatic rings. The SMILES string of the molecule is COCC1(c2ccccc2)CN(C(=O)C(C)c2ccccn2)C1. The van der Waals surface area contributed by atoms with Crippen LogP contribution in [0.2, 0.25) is 0 Å². The summed E-state index contributed by atoms with van der Waals surface area (Å²) >= 11 is 0. The van der Waals surface area contributed by atoms with Crippen LogP contribution in [0.3, 0.4) is 0 Å². The van der Waals surface area contributed by atoms with Gasteiger partial charge in [-0.25, -0.2) is 0 Å². The number of nitrogens with zero attached hydrogens (tertiary/aromatic N) is 2. The van der Waals surface area contributed by atoms with Crippen LogP contribution in [0, 0.1) is 0 Å². The van der Waals surface area contributed by atoms with Crippen LogP contribution in [0.5, 0.6) is 0 Å². The Labute approximate surface area is 137 Å². The molecular weight excluding hydrogens is 288 g/mol. The molecule has 1 fully saturated rings. The fourth-order valence-electron chi connectivity index (χ4n) is 3.30. The van der Waals surface area contributed by atoms with Crippen molar-refractivity contribution in [1.82, 2.24) is 9.88 Å². The highest BCUT2D eigenvalue weighted by Gasteiger charge is 2.47. The minimum atomic E-state index is -0.215. The van der Waals surface area contributed by atoms with Crippen molar-refractivity contribution in [2.24, 2.45) is 0 Å². The van der Waals surface area contributed by atoms with E-state index in [0.717, 1.165) is 5.69 Å². The molecular formula is C19H22N2O2. The standard InChI is InChI=1S/C19H22N2O2/c1-15(17-10-6-7-11-20-17)18(22)21-12-19(13-21,14-23-2)16-8-4-3-5-9-16/h3-11,15H,12-14H2,1-2H3. The Hall–Kier alpha value is -2.20. The molecule has 0 radical (unpaired) electrons.